The van der Waals surface area contributed by atoms with Crippen LogP contribution in [0.15, 0.2) is 24.3 Å². The Morgan fingerprint density at radius 1 is 1.00 bits per heavy atom. The molecule has 2 N–H and O–H groups in total. The van der Waals surface area contributed by atoms with E-state index in [2.05, 4.69) is 41.5 Å². The normalized spacial score (nSPS) is 29.5. The van der Waals surface area contributed by atoms with Crippen LogP contribution >= 0.6 is 0 Å². The molecule has 3 aliphatic rings. The standard InChI is InChI=1S/C21H31N3O/c1-14(2)15-6-8-16(9-7-15)22-21(25)23-17-12-19-4-3-5-20(13-17)24(19)18-10-11-18/h6-9,14,17-20H,3-5,10-13H2,1-2H3,(H2,22,23,25). The van der Waals surface area contributed by atoms with Gasteiger partial charge in [-0.15, -0.1) is 0 Å². The van der Waals surface area contributed by atoms with E-state index in [1.807, 2.05) is 12.1 Å². The van der Waals surface area contributed by atoms with Crippen LogP contribution < -0.4 is 10.6 Å². The Morgan fingerprint density at radius 3 is 2.20 bits per heavy atom. The smallest absolute Gasteiger partial charge is 0.319 e. The van der Waals surface area contributed by atoms with Gasteiger partial charge < -0.3 is 10.6 Å². The maximum absolute atomic E-state index is 12.4. The third kappa shape index (κ3) is 3.84. The summed E-state index contributed by atoms with van der Waals surface area (Å²) in [6.07, 6.45) is 8.99. The van der Waals surface area contributed by atoms with Crippen LogP contribution in [0, 0.1) is 0 Å². The number of nitrogens with zero attached hydrogens (tertiary/aromatic N) is 1. The van der Waals surface area contributed by atoms with Crippen LogP contribution in [0.25, 0.3) is 0 Å². The molecule has 4 nitrogen and oxygen atoms in total. The van der Waals surface area contributed by atoms with Gasteiger partial charge in [-0.25, -0.2) is 4.79 Å². The molecular weight excluding hydrogens is 310 g/mol. The average molecular weight is 341 g/mol. The molecule has 4 rings (SSSR count). The molecule has 2 unspecified atom stereocenters. The molecule has 136 valence electrons. The number of hydrogen-bond donors (Lipinski definition) is 2. The third-order valence-corrected chi connectivity index (χ3v) is 6.17. The highest BCUT2D eigenvalue weighted by Gasteiger charge is 2.45. The van der Waals surface area contributed by atoms with Crippen molar-refractivity contribution < 1.29 is 4.79 Å². The molecule has 0 aromatic heterocycles. The summed E-state index contributed by atoms with van der Waals surface area (Å²) in [5, 5.41) is 6.24. The lowest BCUT2D eigenvalue weighted by Crippen LogP contribution is -2.58. The lowest BCUT2D eigenvalue weighted by Gasteiger charge is -2.49. The summed E-state index contributed by atoms with van der Waals surface area (Å²) in [4.78, 5) is 15.2. The number of piperidine rings is 2. The first-order valence-electron chi connectivity index (χ1n) is 10.0. The number of fused-ring (bicyclic) bond motifs is 2. The van der Waals surface area contributed by atoms with Crippen LogP contribution in [0.3, 0.4) is 0 Å². The number of amides is 2. The summed E-state index contributed by atoms with van der Waals surface area (Å²) in [5.41, 5.74) is 2.17. The van der Waals surface area contributed by atoms with Crippen LogP contribution in [0.4, 0.5) is 10.5 Å². The maximum Gasteiger partial charge on any atom is 0.319 e. The number of urea groups is 1. The molecule has 2 heterocycles. The lowest BCUT2D eigenvalue weighted by molar-refractivity contribution is 0.0198. The second kappa shape index (κ2) is 6.99. The first-order chi connectivity index (χ1) is 12.1. The van der Waals surface area contributed by atoms with Gasteiger partial charge in [0, 0.05) is 29.9 Å². The number of benzene rings is 1. The van der Waals surface area contributed by atoms with E-state index in [0.717, 1.165) is 24.6 Å². The predicted octanol–water partition coefficient (Wildman–Crippen LogP) is 4.48. The lowest BCUT2D eigenvalue weighted by atomic mass is 9.81. The van der Waals surface area contributed by atoms with Crippen LogP contribution in [-0.2, 0) is 0 Å². The van der Waals surface area contributed by atoms with E-state index in [4.69, 9.17) is 0 Å². The van der Waals surface area contributed by atoms with E-state index in [0.29, 0.717) is 24.0 Å². The van der Waals surface area contributed by atoms with Gasteiger partial charge in [0.25, 0.3) is 0 Å². The van der Waals surface area contributed by atoms with Crippen LogP contribution in [-0.4, -0.2) is 35.1 Å². The molecule has 25 heavy (non-hydrogen) atoms. The van der Waals surface area contributed by atoms with Gasteiger partial charge in [-0.05, 0) is 62.1 Å². The van der Waals surface area contributed by atoms with Gasteiger partial charge in [0.05, 0.1) is 0 Å². The number of nitrogens with one attached hydrogen (secondary N) is 2. The summed E-state index contributed by atoms with van der Waals surface area (Å²) in [6.45, 7) is 4.36. The van der Waals surface area contributed by atoms with Crippen molar-refractivity contribution in [1.82, 2.24) is 10.2 Å². The first kappa shape index (κ1) is 16.9. The molecule has 2 saturated heterocycles. The molecule has 1 saturated carbocycles. The topological polar surface area (TPSA) is 44.4 Å². The molecule has 2 atom stereocenters. The van der Waals surface area contributed by atoms with E-state index in [9.17, 15) is 4.79 Å². The van der Waals surface area contributed by atoms with Crippen molar-refractivity contribution in [3.8, 4) is 0 Å². The van der Waals surface area contributed by atoms with E-state index >= 15 is 0 Å². The maximum atomic E-state index is 12.4. The molecule has 2 aliphatic heterocycles. The van der Waals surface area contributed by atoms with E-state index in [1.165, 1.54) is 37.7 Å². The number of anilines is 1. The summed E-state index contributed by atoms with van der Waals surface area (Å²) in [6, 6.07) is 10.7. The van der Waals surface area contributed by atoms with Crippen LogP contribution in [0.1, 0.15) is 70.3 Å². The van der Waals surface area contributed by atoms with Gasteiger partial charge in [-0.3, -0.25) is 4.90 Å². The van der Waals surface area contributed by atoms with Crippen LogP contribution in [0.2, 0.25) is 0 Å². The summed E-state index contributed by atoms with van der Waals surface area (Å²) < 4.78 is 0. The van der Waals surface area contributed by atoms with Gasteiger partial charge in [0.15, 0.2) is 0 Å². The molecule has 3 fully saturated rings. The second-order valence-corrected chi connectivity index (χ2v) is 8.46. The highest BCUT2D eigenvalue weighted by atomic mass is 16.2. The third-order valence-electron chi connectivity index (χ3n) is 6.17. The van der Waals surface area contributed by atoms with Gasteiger partial charge >= 0.3 is 6.03 Å². The van der Waals surface area contributed by atoms with Crippen molar-refractivity contribution in [2.45, 2.75) is 88.9 Å². The largest absolute Gasteiger partial charge is 0.335 e. The zero-order valence-corrected chi connectivity index (χ0v) is 15.5. The predicted molar refractivity (Wildman–Crippen MR) is 102 cm³/mol. The Bertz CT molecular complexity index is 594. The Balaban J connectivity index is 1.32. The molecular formula is C21H31N3O. The average Bonchev–Trinajstić information content (AvgIpc) is 3.39. The highest BCUT2D eigenvalue weighted by molar-refractivity contribution is 5.89. The molecule has 4 heteroatoms. The molecule has 0 radical (unpaired) electrons. The number of hydrogen-bond acceptors (Lipinski definition) is 2. The fourth-order valence-electron chi connectivity index (χ4n) is 4.81. The van der Waals surface area contributed by atoms with Gasteiger partial charge in [0.2, 0.25) is 0 Å². The minimum atomic E-state index is -0.0553. The summed E-state index contributed by atoms with van der Waals surface area (Å²) in [5.74, 6) is 0.513. The highest BCUT2D eigenvalue weighted by Crippen LogP contribution is 2.41. The summed E-state index contributed by atoms with van der Waals surface area (Å²) >= 11 is 0. The Morgan fingerprint density at radius 2 is 1.64 bits per heavy atom. The number of carbonyl (C=O) groups is 1. The summed E-state index contributed by atoms with van der Waals surface area (Å²) in [7, 11) is 0. The minimum absolute atomic E-state index is 0.0553. The van der Waals surface area contributed by atoms with Gasteiger partial charge in [-0.2, -0.15) is 0 Å². The van der Waals surface area contributed by atoms with Crippen molar-refractivity contribution in [3.63, 3.8) is 0 Å². The molecule has 2 amide bonds. The fourth-order valence-corrected chi connectivity index (χ4v) is 4.81. The molecule has 1 aliphatic carbocycles. The molecule has 0 spiro atoms. The second-order valence-electron chi connectivity index (χ2n) is 8.46. The van der Waals surface area contributed by atoms with E-state index in [1.54, 1.807) is 0 Å². The molecule has 2 bridgehead atoms. The zero-order chi connectivity index (χ0) is 17.4. The van der Waals surface area contributed by atoms with Crippen molar-refractivity contribution in [3.05, 3.63) is 29.8 Å². The molecule has 1 aromatic rings. The molecule has 1 aromatic carbocycles. The van der Waals surface area contributed by atoms with Crippen molar-refractivity contribution in [1.29, 1.82) is 0 Å². The Kier molecular flexibility index (Phi) is 4.72. The van der Waals surface area contributed by atoms with Crippen molar-refractivity contribution in [2.75, 3.05) is 5.32 Å². The van der Waals surface area contributed by atoms with E-state index < -0.39 is 0 Å². The van der Waals surface area contributed by atoms with Crippen LogP contribution in [0.5, 0.6) is 0 Å². The van der Waals surface area contributed by atoms with E-state index in [-0.39, 0.29) is 6.03 Å². The Hall–Kier alpha value is -1.55. The number of carbonyl (C=O) groups excluding carboxylic acids is 1. The monoisotopic (exact) mass is 341 g/mol. The quantitative estimate of drug-likeness (QED) is 0.848. The van der Waals surface area contributed by atoms with Gasteiger partial charge in [-0.1, -0.05) is 32.4 Å². The minimum Gasteiger partial charge on any atom is -0.335 e. The van der Waals surface area contributed by atoms with Crippen molar-refractivity contribution >= 4 is 11.7 Å². The van der Waals surface area contributed by atoms with Crippen molar-refractivity contribution in [2.24, 2.45) is 0 Å². The Labute approximate surface area is 151 Å². The van der Waals surface area contributed by atoms with Gasteiger partial charge in [0.1, 0.15) is 0 Å². The SMILES string of the molecule is CC(C)c1ccc(NC(=O)NC2CC3CCCC(C2)N3C2CC2)cc1. The number of rotatable bonds is 4. The fraction of sp³-hybridized carbons (Fsp3) is 0.667. The first-order valence-corrected chi connectivity index (χ1v) is 10.0. The zero-order valence-electron chi connectivity index (χ0n) is 15.5.